The van der Waals surface area contributed by atoms with Crippen LogP contribution in [0.5, 0.6) is 11.5 Å². The van der Waals surface area contributed by atoms with Crippen molar-refractivity contribution >= 4 is 38.4 Å². The quantitative estimate of drug-likeness (QED) is 0.370. The van der Waals surface area contributed by atoms with Gasteiger partial charge in [0, 0.05) is 27.2 Å². The van der Waals surface area contributed by atoms with E-state index in [9.17, 15) is 4.79 Å². The number of methoxy groups -OCH3 is 2. The minimum atomic E-state index is -0.220. The predicted molar refractivity (Wildman–Crippen MR) is 127 cm³/mol. The number of carbonyl (C=O) groups is 1. The molecule has 0 bridgehead atoms. The van der Waals surface area contributed by atoms with Crippen LogP contribution in [-0.2, 0) is 0 Å². The number of rotatable bonds is 5. The van der Waals surface area contributed by atoms with Crippen molar-refractivity contribution in [1.82, 2.24) is 4.98 Å². The average Bonchev–Trinajstić information content (AvgIpc) is 2.78. The number of nitrogens with one attached hydrogen (secondary N) is 1. The number of fused-ring (bicyclic) bond motifs is 1. The summed E-state index contributed by atoms with van der Waals surface area (Å²) in [5, 5.41) is 3.76. The first-order valence-electron chi connectivity index (χ1n) is 9.69. The molecule has 6 heteroatoms. The Kier molecular flexibility index (Phi) is 5.91. The van der Waals surface area contributed by atoms with Crippen LogP contribution in [0, 0.1) is 6.92 Å². The van der Waals surface area contributed by atoms with Crippen molar-refractivity contribution in [2.45, 2.75) is 6.92 Å². The second kappa shape index (κ2) is 8.78. The van der Waals surface area contributed by atoms with Crippen LogP contribution in [0.3, 0.4) is 0 Å². The molecule has 0 unspecified atom stereocenters. The van der Waals surface area contributed by atoms with E-state index in [4.69, 9.17) is 14.5 Å². The first-order valence-corrected chi connectivity index (χ1v) is 10.5. The van der Waals surface area contributed by atoms with E-state index in [0.29, 0.717) is 22.7 Å². The zero-order valence-electron chi connectivity index (χ0n) is 17.4. The van der Waals surface area contributed by atoms with E-state index in [1.54, 1.807) is 20.3 Å². The van der Waals surface area contributed by atoms with Gasteiger partial charge in [0.2, 0.25) is 0 Å². The van der Waals surface area contributed by atoms with Gasteiger partial charge in [0.25, 0.3) is 5.91 Å². The molecule has 4 aromatic rings. The number of pyridine rings is 1. The maximum Gasteiger partial charge on any atom is 0.256 e. The van der Waals surface area contributed by atoms with Gasteiger partial charge in [-0.1, -0.05) is 34.1 Å². The summed E-state index contributed by atoms with van der Waals surface area (Å²) < 4.78 is 11.5. The molecule has 1 amide bonds. The van der Waals surface area contributed by atoms with Crippen LogP contribution in [0.2, 0.25) is 0 Å². The smallest absolute Gasteiger partial charge is 0.256 e. The Morgan fingerprint density at radius 1 is 0.935 bits per heavy atom. The van der Waals surface area contributed by atoms with Crippen molar-refractivity contribution < 1.29 is 14.3 Å². The minimum absolute atomic E-state index is 0.220. The molecule has 0 saturated heterocycles. The fourth-order valence-corrected chi connectivity index (χ4v) is 4.05. The zero-order chi connectivity index (χ0) is 22.0. The van der Waals surface area contributed by atoms with Crippen LogP contribution in [0.4, 0.5) is 5.69 Å². The largest absolute Gasteiger partial charge is 0.497 e. The fraction of sp³-hybridized carbons (Fsp3) is 0.120. The monoisotopic (exact) mass is 476 g/mol. The summed E-state index contributed by atoms with van der Waals surface area (Å²) in [6.45, 7) is 1.99. The average molecular weight is 477 g/mol. The summed E-state index contributed by atoms with van der Waals surface area (Å²) in [6, 6.07) is 20.7. The molecule has 4 rings (SSSR count). The number of anilines is 1. The summed E-state index contributed by atoms with van der Waals surface area (Å²) in [7, 11) is 3.22. The number of hydrogen-bond acceptors (Lipinski definition) is 4. The molecule has 0 aliphatic heterocycles. The van der Waals surface area contributed by atoms with Crippen LogP contribution in [0.1, 0.15) is 15.9 Å². The van der Waals surface area contributed by atoms with Crippen molar-refractivity contribution in [1.29, 1.82) is 0 Å². The van der Waals surface area contributed by atoms with E-state index in [0.717, 1.165) is 32.3 Å². The van der Waals surface area contributed by atoms with E-state index in [1.807, 2.05) is 67.6 Å². The maximum atomic E-state index is 13.3. The third-order valence-corrected chi connectivity index (χ3v) is 5.46. The van der Waals surface area contributed by atoms with Crippen molar-refractivity contribution in [2.75, 3.05) is 19.5 Å². The molecule has 31 heavy (non-hydrogen) atoms. The fourth-order valence-electron chi connectivity index (χ4n) is 3.47. The number of carbonyl (C=O) groups excluding carboxylic acids is 1. The second-order valence-corrected chi connectivity index (χ2v) is 8.01. The number of aromatic nitrogens is 1. The lowest BCUT2D eigenvalue weighted by Gasteiger charge is -2.13. The standard InChI is InChI=1S/C25H21BrN2O3/c1-15-10-17(26)12-21-22(25(29)27-18-7-5-9-20(13-18)31-3)14-23(28-24(15)21)16-6-4-8-19(11-16)30-2/h4-14H,1-3H3,(H,27,29). The number of hydrogen-bond donors (Lipinski definition) is 1. The normalized spacial score (nSPS) is 10.7. The zero-order valence-corrected chi connectivity index (χ0v) is 19.0. The van der Waals surface area contributed by atoms with Gasteiger partial charge < -0.3 is 14.8 Å². The highest BCUT2D eigenvalue weighted by Crippen LogP contribution is 2.31. The second-order valence-electron chi connectivity index (χ2n) is 7.09. The molecular weight excluding hydrogens is 456 g/mol. The Labute approximate surface area is 189 Å². The van der Waals surface area contributed by atoms with Crippen molar-refractivity contribution in [3.63, 3.8) is 0 Å². The molecule has 156 valence electrons. The minimum Gasteiger partial charge on any atom is -0.497 e. The third kappa shape index (κ3) is 4.39. The van der Waals surface area contributed by atoms with Gasteiger partial charge in [-0.25, -0.2) is 4.98 Å². The molecule has 1 aromatic heterocycles. The number of ether oxygens (including phenoxy) is 2. The van der Waals surface area contributed by atoms with Gasteiger partial charge in [-0.05, 0) is 55.0 Å². The number of benzene rings is 3. The Balaban J connectivity index is 1.86. The highest BCUT2D eigenvalue weighted by atomic mass is 79.9. The van der Waals surface area contributed by atoms with Gasteiger partial charge in [-0.3, -0.25) is 4.79 Å². The number of amides is 1. The Morgan fingerprint density at radius 2 is 1.65 bits per heavy atom. The van der Waals surface area contributed by atoms with Crippen molar-refractivity contribution in [2.24, 2.45) is 0 Å². The Hall–Kier alpha value is -3.38. The third-order valence-electron chi connectivity index (χ3n) is 5.01. The van der Waals surface area contributed by atoms with Crippen LogP contribution >= 0.6 is 15.9 Å². The summed E-state index contributed by atoms with van der Waals surface area (Å²) in [4.78, 5) is 18.2. The van der Waals surface area contributed by atoms with Crippen molar-refractivity contribution in [3.05, 3.63) is 82.3 Å². The molecule has 0 fully saturated rings. The molecule has 5 nitrogen and oxygen atoms in total. The van der Waals surface area contributed by atoms with E-state index >= 15 is 0 Å². The number of aryl methyl sites for hydroxylation is 1. The summed E-state index contributed by atoms with van der Waals surface area (Å²) in [6.07, 6.45) is 0. The molecule has 0 aliphatic carbocycles. The highest BCUT2D eigenvalue weighted by Gasteiger charge is 2.17. The first-order chi connectivity index (χ1) is 15.0. The molecular formula is C25H21BrN2O3. The van der Waals surface area contributed by atoms with Crippen LogP contribution in [0.15, 0.2) is 71.2 Å². The Morgan fingerprint density at radius 3 is 2.39 bits per heavy atom. The lowest BCUT2D eigenvalue weighted by atomic mass is 10.0. The maximum absolute atomic E-state index is 13.3. The SMILES string of the molecule is COc1cccc(NC(=O)c2cc(-c3cccc(OC)c3)nc3c(C)cc(Br)cc23)c1. The first kappa shape index (κ1) is 20.9. The summed E-state index contributed by atoms with van der Waals surface area (Å²) >= 11 is 3.54. The highest BCUT2D eigenvalue weighted by molar-refractivity contribution is 9.10. The van der Waals surface area contributed by atoms with E-state index in [-0.39, 0.29) is 5.91 Å². The number of halogens is 1. The van der Waals surface area contributed by atoms with Crippen LogP contribution in [0.25, 0.3) is 22.2 Å². The van der Waals surface area contributed by atoms with E-state index in [1.165, 1.54) is 0 Å². The van der Waals surface area contributed by atoms with Gasteiger partial charge in [-0.2, -0.15) is 0 Å². The van der Waals surface area contributed by atoms with Gasteiger partial charge in [0.15, 0.2) is 0 Å². The molecule has 1 heterocycles. The van der Waals surface area contributed by atoms with Crippen molar-refractivity contribution in [3.8, 4) is 22.8 Å². The predicted octanol–water partition coefficient (Wildman–Crippen LogP) is 6.24. The molecule has 1 N–H and O–H groups in total. The molecule has 0 aliphatic rings. The van der Waals surface area contributed by atoms with Gasteiger partial charge in [0.05, 0.1) is 31.0 Å². The van der Waals surface area contributed by atoms with Gasteiger partial charge in [0.1, 0.15) is 11.5 Å². The molecule has 3 aromatic carbocycles. The number of nitrogens with zero attached hydrogens (tertiary/aromatic N) is 1. The molecule has 0 radical (unpaired) electrons. The summed E-state index contributed by atoms with van der Waals surface area (Å²) in [5.41, 5.74) is 4.52. The van der Waals surface area contributed by atoms with Crippen LogP contribution < -0.4 is 14.8 Å². The summed E-state index contributed by atoms with van der Waals surface area (Å²) in [5.74, 6) is 1.18. The van der Waals surface area contributed by atoms with Crippen LogP contribution in [-0.4, -0.2) is 25.1 Å². The van der Waals surface area contributed by atoms with E-state index < -0.39 is 0 Å². The topological polar surface area (TPSA) is 60.5 Å². The Bertz CT molecular complexity index is 1290. The molecule has 0 spiro atoms. The lowest BCUT2D eigenvalue weighted by molar-refractivity contribution is 0.102. The van der Waals surface area contributed by atoms with Gasteiger partial charge >= 0.3 is 0 Å². The molecule has 0 atom stereocenters. The van der Waals surface area contributed by atoms with E-state index in [2.05, 4.69) is 21.2 Å². The molecule has 0 saturated carbocycles. The lowest BCUT2D eigenvalue weighted by Crippen LogP contribution is -2.13. The van der Waals surface area contributed by atoms with Gasteiger partial charge in [-0.15, -0.1) is 0 Å².